The predicted octanol–water partition coefficient (Wildman–Crippen LogP) is 12.7. The topological polar surface area (TPSA) is 173 Å². The Morgan fingerprint density at radius 2 is 1.32 bits per heavy atom. The molecule has 1 aliphatic rings. The van der Waals surface area contributed by atoms with Crippen LogP contribution >= 0.6 is 11.8 Å². The van der Waals surface area contributed by atoms with Crippen molar-refractivity contribution in [1.29, 1.82) is 0 Å². The fraction of sp³-hybridized carbons (Fsp3) is 0.417. The Balaban J connectivity index is 1.03. The lowest BCUT2D eigenvalue weighted by Gasteiger charge is -2.36. The minimum atomic E-state index is -0.912. The molecule has 0 saturated carbocycles. The average Bonchev–Trinajstić information content (AvgIpc) is 1.44. The van der Waals surface area contributed by atoms with Gasteiger partial charge in [0, 0.05) is 62.3 Å². The van der Waals surface area contributed by atoms with Crippen LogP contribution in [-0.4, -0.2) is 102 Å². The number of ether oxygens (including phenoxy) is 3. The van der Waals surface area contributed by atoms with Gasteiger partial charge < -0.3 is 40.0 Å². The van der Waals surface area contributed by atoms with Gasteiger partial charge in [-0.1, -0.05) is 178 Å². The maximum Gasteiger partial charge on any atom is 0.407 e. The smallest absolute Gasteiger partial charge is 0.407 e. The third-order valence-electron chi connectivity index (χ3n) is 15.7. The van der Waals surface area contributed by atoms with Crippen molar-refractivity contribution < 1.29 is 43.0 Å². The van der Waals surface area contributed by atoms with Crippen LogP contribution < -0.4 is 25.4 Å². The lowest BCUT2D eigenvalue weighted by molar-refractivity contribution is -0.142. The molecule has 4 atom stereocenters. The van der Waals surface area contributed by atoms with Crippen molar-refractivity contribution in [2.24, 2.45) is 5.92 Å². The number of thioether (sulfide) groups is 1. The van der Waals surface area contributed by atoms with Crippen LogP contribution in [0.15, 0.2) is 164 Å². The summed E-state index contributed by atoms with van der Waals surface area (Å²) in [5.74, 6) is -0.516. The molecule has 6 aromatic carbocycles. The zero-order chi connectivity index (χ0) is 62.2. The summed E-state index contributed by atoms with van der Waals surface area (Å²) in [6.07, 6.45) is 3.84. The van der Waals surface area contributed by atoms with E-state index in [-0.39, 0.29) is 49.3 Å². The highest BCUT2D eigenvalue weighted by atomic mass is 32.2. The van der Waals surface area contributed by atoms with Crippen LogP contribution in [0.3, 0.4) is 0 Å². The molecule has 14 nitrogen and oxygen atoms in total. The minimum Gasteiger partial charge on any atom is -0.496 e. The van der Waals surface area contributed by atoms with Gasteiger partial charge in [-0.05, 0) is 113 Å². The number of likely N-dealkylation sites (tertiary alicyclic amines) is 1. The van der Waals surface area contributed by atoms with Crippen molar-refractivity contribution in [2.45, 2.75) is 154 Å². The highest BCUT2D eigenvalue weighted by Gasteiger charge is 2.40. The number of carbonyl (C=O) groups excluding carboxylic acids is 6. The van der Waals surface area contributed by atoms with Crippen LogP contribution in [0.4, 0.5) is 4.79 Å². The van der Waals surface area contributed by atoms with Crippen molar-refractivity contribution in [3.05, 3.63) is 203 Å². The van der Waals surface area contributed by atoms with Crippen molar-refractivity contribution in [3.8, 4) is 11.5 Å². The summed E-state index contributed by atoms with van der Waals surface area (Å²) < 4.78 is 16.8. The lowest BCUT2D eigenvalue weighted by Crippen LogP contribution is -2.54. The molecule has 462 valence electrons. The predicted molar refractivity (Wildman–Crippen MR) is 345 cm³/mol. The number of hydrogen-bond donors (Lipinski definition) is 3. The fourth-order valence-corrected chi connectivity index (χ4v) is 12.5. The number of nitrogens with zero attached hydrogens (tertiary/aromatic N) is 2. The number of Topliss-reactive ketones (excluding diaryl/α,β-unsaturated/α-hetero) is 1. The second kappa shape index (κ2) is 33.3. The number of hydrogen-bond acceptors (Lipinski definition) is 10. The largest absolute Gasteiger partial charge is 0.496 e. The zero-order valence-electron chi connectivity index (χ0n) is 51.9. The van der Waals surface area contributed by atoms with E-state index >= 15 is 0 Å². The van der Waals surface area contributed by atoms with Crippen molar-refractivity contribution in [1.82, 2.24) is 25.8 Å². The highest BCUT2D eigenvalue weighted by Crippen LogP contribution is 2.49. The van der Waals surface area contributed by atoms with Gasteiger partial charge in [0.15, 0.2) is 5.78 Å². The second-order valence-electron chi connectivity index (χ2n) is 23.6. The van der Waals surface area contributed by atoms with Gasteiger partial charge in [0.05, 0.1) is 17.9 Å². The third-order valence-corrected chi connectivity index (χ3v) is 17.5. The number of carbonyl (C=O) groups is 6. The number of unbranched alkanes of at least 4 members (excludes halogenated alkanes) is 2. The van der Waals surface area contributed by atoms with E-state index in [1.165, 1.54) is 10.5 Å². The van der Waals surface area contributed by atoms with Gasteiger partial charge in [-0.3, -0.25) is 24.0 Å². The van der Waals surface area contributed by atoms with E-state index in [9.17, 15) is 28.8 Å². The summed E-state index contributed by atoms with van der Waals surface area (Å²) in [5.41, 5.74) is 6.59. The first-order valence-electron chi connectivity index (χ1n) is 30.9. The third kappa shape index (κ3) is 19.8. The van der Waals surface area contributed by atoms with Gasteiger partial charge in [0.1, 0.15) is 35.8 Å². The van der Waals surface area contributed by atoms with E-state index in [0.29, 0.717) is 88.4 Å². The van der Waals surface area contributed by atoms with Gasteiger partial charge in [-0.15, -0.1) is 11.8 Å². The molecule has 7 rings (SSSR count). The minimum absolute atomic E-state index is 0.162. The quantitative estimate of drug-likeness (QED) is 0.0273. The first kappa shape index (κ1) is 66.6. The molecule has 1 fully saturated rings. The van der Waals surface area contributed by atoms with Crippen LogP contribution in [-0.2, 0) is 53.0 Å². The van der Waals surface area contributed by atoms with E-state index in [1.54, 1.807) is 44.5 Å². The molecule has 0 aliphatic carbocycles. The van der Waals surface area contributed by atoms with Crippen LogP contribution in [0, 0.1) is 12.8 Å². The van der Waals surface area contributed by atoms with E-state index < -0.39 is 46.4 Å². The van der Waals surface area contributed by atoms with Gasteiger partial charge in [0.2, 0.25) is 23.6 Å². The molecule has 5 amide bonds. The zero-order valence-corrected chi connectivity index (χ0v) is 52.7. The maximum absolute atomic E-state index is 15.0. The van der Waals surface area contributed by atoms with Crippen molar-refractivity contribution >= 4 is 47.3 Å². The molecule has 3 N–H and O–H groups in total. The number of amides is 5. The maximum atomic E-state index is 15.0. The number of nitrogens with one attached hydrogen (secondary N) is 3. The molecular weight excluding hydrogens is 1110 g/mol. The molecule has 1 heterocycles. The van der Waals surface area contributed by atoms with E-state index in [1.807, 2.05) is 148 Å². The molecule has 0 radical (unpaired) electrons. The van der Waals surface area contributed by atoms with E-state index in [2.05, 4.69) is 52.3 Å². The Bertz CT molecular complexity index is 3050. The molecule has 0 spiro atoms. The molecular formula is C72H89N5O9S. The van der Waals surface area contributed by atoms with Gasteiger partial charge in [0.25, 0.3) is 0 Å². The SMILES string of the molecule is CCCC[C@@H](NC(=O)C1CCCN1C(=O)CCC(=O)[C@H](CCCCNC(=O)OC(C)(C)C)NC(=O)[C@@H](C)CSC(c1ccccc1)(c1ccccc1)c1ccccc1)C(=O)N(CCc1ccccc1)Cc1ccc(OCc2ccc(C)cc2)cc1OC. The lowest BCUT2D eigenvalue weighted by atomic mass is 9.84. The first-order valence-corrected chi connectivity index (χ1v) is 31.8. The Morgan fingerprint density at radius 1 is 0.713 bits per heavy atom. The normalized spacial score (nSPS) is 14.2. The summed E-state index contributed by atoms with van der Waals surface area (Å²) in [5, 5.41) is 8.97. The Labute approximate surface area is 519 Å². The van der Waals surface area contributed by atoms with Gasteiger partial charge in [-0.25, -0.2) is 4.79 Å². The molecule has 1 aliphatic heterocycles. The summed E-state index contributed by atoms with van der Waals surface area (Å²) in [6, 6.07) is 51.9. The number of methoxy groups -OCH3 is 1. The number of benzene rings is 6. The number of rotatable bonds is 32. The molecule has 1 saturated heterocycles. The Kier molecular flexibility index (Phi) is 25.5. The van der Waals surface area contributed by atoms with E-state index in [0.717, 1.165) is 39.8 Å². The molecule has 87 heavy (non-hydrogen) atoms. The van der Waals surface area contributed by atoms with Crippen molar-refractivity contribution in [3.63, 3.8) is 0 Å². The number of alkyl carbamates (subject to hydrolysis) is 1. The monoisotopic (exact) mass is 1200 g/mol. The van der Waals surface area contributed by atoms with Crippen LogP contribution in [0.1, 0.15) is 138 Å². The molecule has 1 unspecified atom stereocenters. The van der Waals surface area contributed by atoms with Crippen LogP contribution in [0.2, 0.25) is 0 Å². The van der Waals surface area contributed by atoms with Crippen molar-refractivity contribution in [2.75, 3.05) is 32.5 Å². The number of aryl methyl sites for hydroxylation is 1. The molecule has 0 bridgehead atoms. The highest BCUT2D eigenvalue weighted by molar-refractivity contribution is 8.00. The molecule has 6 aromatic rings. The Morgan fingerprint density at radius 3 is 1.92 bits per heavy atom. The Hall–Kier alpha value is -7.91. The van der Waals surface area contributed by atoms with Gasteiger partial charge >= 0.3 is 6.09 Å². The second-order valence-corrected chi connectivity index (χ2v) is 24.9. The molecule has 15 heteroatoms. The average molecular weight is 1200 g/mol. The summed E-state index contributed by atoms with van der Waals surface area (Å²) in [6.45, 7) is 12.9. The van der Waals surface area contributed by atoms with Crippen LogP contribution in [0.25, 0.3) is 0 Å². The number of ketones is 1. The summed E-state index contributed by atoms with van der Waals surface area (Å²) in [4.78, 5) is 88.4. The fourth-order valence-electron chi connectivity index (χ4n) is 10.9. The molecule has 0 aromatic heterocycles. The summed E-state index contributed by atoms with van der Waals surface area (Å²) >= 11 is 1.67. The standard InChI is InChI=1S/C72H89N5O9S/c1-8-9-33-62(69(82)76(47-44-54-25-14-10-15-26-54)49-56-40-41-60(48-65(56)84-7)85-50-55-38-36-52(2)37-39-55)75-68(81)63-35-24-46-77(63)66(79)43-42-64(78)61(34-22-23-45-73-70(83)86-71(4,5)6)74-67(80)53(3)51-87-72(57-27-16-11-17-28-57,58-29-18-12-19-30-58)59-31-20-13-21-32-59/h10-21,25-32,36-41,48,53,61-63H,8-9,22-24,33-35,42-47,49-51H2,1-7H3,(H,73,83)(H,74,80)(H,75,81)/t53-,61-,62+,63?/m0/s1. The van der Waals surface area contributed by atoms with Gasteiger partial charge in [-0.2, -0.15) is 0 Å². The summed E-state index contributed by atoms with van der Waals surface area (Å²) in [7, 11) is 1.60. The van der Waals surface area contributed by atoms with E-state index in [4.69, 9.17) is 14.2 Å². The first-order chi connectivity index (χ1) is 42.0. The van der Waals surface area contributed by atoms with Crippen LogP contribution in [0.5, 0.6) is 11.5 Å².